The lowest BCUT2D eigenvalue weighted by Crippen LogP contribution is -2.29. The van der Waals surface area contributed by atoms with Gasteiger partial charge in [0, 0.05) is 5.56 Å². The van der Waals surface area contributed by atoms with Crippen molar-refractivity contribution >= 4 is 11.9 Å². The van der Waals surface area contributed by atoms with E-state index < -0.39 is 29.7 Å². The molecule has 108 valence electrons. The van der Waals surface area contributed by atoms with Gasteiger partial charge in [0.2, 0.25) is 5.91 Å². The maximum absolute atomic E-state index is 13.3. The molecular weight excluding hydrogens is 265 g/mol. The van der Waals surface area contributed by atoms with Crippen molar-refractivity contribution in [2.75, 3.05) is 7.11 Å². The second kappa shape index (κ2) is 5.48. The van der Waals surface area contributed by atoms with Crippen LogP contribution in [0.2, 0.25) is 0 Å². The Hall–Kier alpha value is -2.11. The van der Waals surface area contributed by atoms with Gasteiger partial charge in [-0.15, -0.1) is 0 Å². The number of carboxylic acids is 1. The van der Waals surface area contributed by atoms with Crippen molar-refractivity contribution in [1.29, 1.82) is 0 Å². The van der Waals surface area contributed by atoms with Gasteiger partial charge in [-0.05, 0) is 31.5 Å². The van der Waals surface area contributed by atoms with E-state index >= 15 is 0 Å². The van der Waals surface area contributed by atoms with Crippen molar-refractivity contribution in [3.05, 3.63) is 29.6 Å². The quantitative estimate of drug-likeness (QED) is 0.862. The Morgan fingerprint density at radius 2 is 2.15 bits per heavy atom. The third-order valence-corrected chi connectivity index (χ3v) is 3.46. The summed E-state index contributed by atoms with van der Waals surface area (Å²) in [6.07, 6.45) is 0.355. The third kappa shape index (κ3) is 2.89. The molecule has 2 N–H and O–H groups in total. The largest absolute Gasteiger partial charge is 0.496 e. The Kier molecular flexibility index (Phi) is 3.92. The highest BCUT2D eigenvalue weighted by Gasteiger charge is 2.48. The summed E-state index contributed by atoms with van der Waals surface area (Å²) in [7, 11) is 1.46. The summed E-state index contributed by atoms with van der Waals surface area (Å²) in [5.41, 5.74) is 0.522. The van der Waals surface area contributed by atoms with E-state index in [-0.39, 0.29) is 5.91 Å². The number of ether oxygens (including phenoxy) is 1. The van der Waals surface area contributed by atoms with Gasteiger partial charge in [-0.2, -0.15) is 0 Å². The molecule has 6 heteroatoms. The molecule has 0 aliphatic heterocycles. The van der Waals surface area contributed by atoms with E-state index in [2.05, 4.69) is 5.32 Å². The molecule has 1 aliphatic carbocycles. The van der Waals surface area contributed by atoms with E-state index in [1.54, 1.807) is 6.92 Å². The number of halogens is 1. The van der Waals surface area contributed by atoms with Crippen LogP contribution in [0.25, 0.3) is 0 Å². The van der Waals surface area contributed by atoms with Gasteiger partial charge < -0.3 is 15.2 Å². The summed E-state index contributed by atoms with van der Waals surface area (Å²) in [5.74, 6) is -2.31. The van der Waals surface area contributed by atoms with Crippen LogP contribution in [0.5, 0.6) is 5.75 Å². The van der Waals surface area contributed by atoms with Crippen LogP contribution in [0.3, 0.4) is 0 Å². The van der Waals surface area contributed by atoms with E-state index in [0.717, 1.165) is 0 Å². The van der Waals surface area contributed by atoms with Crippen LogP contribution < -0.4 is 10.1 Å². The number of carbonyl (C=O) groups excluding carboxylic acids is 1. The van der Waals surface area contributed by atoms with Crippen molar-refractivity contribution in [3.63, 3.8) is 0 Å². The fraction of sp³-hybridized carbons (Fsp3) is 0.429. The monoisotopic (exact) mass is 281 g/mol. The number of rotatable bonds is 5. The van der Waals surface area contributed by atoms with Gasteiger partial charge in [-0.25, -0.2) is 4.39 Å². The third-order valence-electron chi connectivity index (χ3n) is 3.46. The van der Waals surface area contributed by atoms with Gasteiger partial charge in [0.05, 0.1) is 25.0 Å². The normalized spacial score (nSPS) is 21.9. The highest BCUT2D eigenvalue weighted by Crippen LogP contribution is 2.39. The molecule has 0 unspecified atom stereocenters. The van der Waals surface area contributed by atoms with Crippen LogP contribution >= 0.6 is 0 Å². The van der Waals surface area contributed by atoms with E-state index in [1.807, 2.05) is 0 Å². The first-order valence-corrected chi connectivity index (χ1v) is 6.30. The van der Waals surface area contributed by atoms with Gasteiger partial charge in [-0.3, -0.25) is 9.59 Å². The highest BCUT2D eigenvalue weighted by atomic mass is 19.1. The molecule has 20 heavy (non-hydrogen) atoms. The fourth-order valence-corrected chi connectivity index (χ4v) is 2.20. The summed E-state index contributed by atoms with van der Waals surface area (Å²) < 4.78 is 18.4. The minimum absolute atomic E-state index is 0.323. The fourth-order valence-electron chi connectivity index (χ4n) is 2.20. The Balaban J connectivity index is 2.05. The van der Waals surface area contributed by atoms with E-state index in [0.29, 0.717) is 17.7 Å². The van der Waals surface area contributed by atoms with Gasteiger partial charge in [0.1, 0.15) is 11.6 Å². The van der Waals surface area contributed by atoms with Gasteiger partial charge in [-0.1, -0.05) is 0 Å². The summed E-state index contributed by atoms with van der Waals surface area (Å²) in [6, 6.07) is 3.61. The molecule has 1 amide bonds. The second-order valence-corrected chi connectivity index (χ2v) is 4.90. The first-order chi connectivity index (χ1) is 9.43. The molecule has 0 aromatic heterocycles. The first kappa shape index (κ1) is 14.3. The van der Waals surface area contributed by atoms with Gasteiger partial charge in [0.15, 0.2) is 0 Å². The number of nitrogens with one attached hydrogen (secondary N) is 1. The Morgan fingerprint density at radius 1 is 1.45 bits per heavy atom. The summed E-state index contributed by atoms with van der Waals surface area (Å²) in [4.78, 5) is 22.6. The molecule has 1 fully saturated rings. The zero-order chi connectivity index (χ0) is 14.9. The maximum Gasteiger partial charge on any atom is 0.307 e. The summed E-state index contributed by atoms with van der Waals surface area (Å²) in [6.45, 7) is 1.70. The SMILES string of the molecule is COc1ccc(F)cc1[C@H](C)NC(=O)[C@@H]1C[C@H]1C(=O)O. The Bertz CT molecular complexity index is 546. The number of carbonyl (C=O) groups is 2. The van der Waals surface area contributed by atoms with Crippen molar-refractivity contribution in [2.24, 2.45) is 11.8 Å². The molecule has 3 atom stereocenters. The van der Waals surface area contributed by atoms with Crippen molar-refractivity contribution in [1.82, 2.24) is 5.32 Å². The molecule has 5 nitrogen and oxygen atoms in total. The van der Waals surface area contributed by atoms with Crippen LogP contribution in [0.4, 0.5) is 4.39 Å². The number of amides is 1. The molecule has 0 saturated heterocycles. The summed E-state index contributed by atoms with van der Waals surface area (Å²) >= 11 is 0. The molecule has 0 radical (unpaired) electrons. The molecule has 1 aromatic rings. The van der Waals surface area contributed by atoms with Crippen molar-refractivity contribution in [2.45, 2.75) is 19.4 Å². The lowest BCUT2D eigenvalue weighted by atomic mass is 10.1. The zero-order valence-corrected chi connectivity index (χ0v) is 11.2. The standard InChI is InChI=1S/C14H16FNO4/c1-7(9-5-8(15)3-4-12(9)20-2)16-13(17)10-6-11(10)14(18)19/h3-5,7,10-11H,6H2,1-2H3,(H,16,17)(H,18,19)/t7-,10+,11+/m0/s1. The second-order valence-electron chi connectivity index (χ2n) is 4.90. The minimum Gasteiger partial charge on any atom is -0.496 e. The molecule has 2 rings (SSSR count). The summed E-state index contributed by atoms with van der Waals surface area (Å²) in [5, 5.41) is 11.5. The first-order valence-electron chi connectivity index (χ1n) is 6.30. The number of hydrogen-bond donors (Lipinski definition) is 2. The number of aliphatic carboxylic acids is 1. The predicted octanol–water partition coefficient (Wildman–Crippen LogP) is 1.73. The molecule has 1 saturated carbocycles. The van der Waals surface area contributed by atoms with Crippen LogP contribution in [-0.4, -0.2) is 24.1 Å². The lowest BCUT2D eigenvalue weighted by molar-refractivity contribution is -0.140. The minimum atomic E-state index is -0.957. The molecule has 1 aromatic carbocycles. The average Bonchev–Trinajstić information content (AvgIpc) is 3.18. The van der Waals surface area contributed by atoms with E-state index in [4.69, 9.17) is 9.84 Å². The van der Waals surface area contributed by atoms with Crippen molar-refractivity contribution in [3.8, 4) is 5.75 Å². The van der Waals surface area contributed by atoms with Gasteiger partial charge >= 0.3 is 5.97 Å². The topological polar surface area (TPSA) is 75.6 Å². The molecule has 0 heterocycles. The van der Waals surface area contributed by atoms with E-state index in [1.165, 1.54) is 25.3 Å². The highest BCUT2D eigenvalue weighted by molar-refractivity contribution is 5.89. The Morgan fingerprint density at radius 3 is 2.70 bits per heavy atom. The number of hydrogen-bond acceptors (Lipinski definition) is 3. The smallest absolute Gasteiger partial charge is 0.307 e. The average molecular weight is 281 g/mol. The zero-order valence-electron chi connectivity index (χ0n) is 11.2. The van der Waals surface area contributed by atoms with E-state index in [9.17, 15) is 14.0 Å². The number of carboxylic acid groups (broad SMARTS) is 1. The van der Waals surface area contributed by atoms with Crippen LogP contribution in [0, 0.1) is 17.7 Å². The molecule has 1 aliphatic rings. The molecule has 0 spiro atoms. The maximum atomic E-state index is 13.3. The van der Waals surface area contributed by atoms with Crippen LogP contribution in [-0.2, 0) is 9.59 Å². The van der Waals surface area contributed by atoms with Gasteiger partial charge in [0.25, 0.3) is 0 Å². The number of benzene rings is 1. The van der Waals surface area contributed by atoms with Crippen LogP contribution in [0.1, 0.15) is 24.9 Å². The van der Waals surface area contributed by atoms with Crippen molar-refractivity contribution < 1.29 is 23.8 Å². The Labute approximate surface area is 115 Å². The molecular formula is C14H16FNO4. The van der Waals surface area contributed by atoms with Crippen LogP contribution in [0.15, 0.2) is 18.2 Å². The lowest BCUT2D eigenvalue weighted by Gasteiger charge is -2.17. The predicted molar refractivity (Wildman–Crippen MR) is 68.7 cm³/mol. The number of methoxy groups -OCH3 is 1. The molecule has 0 bridgehead atoms.